The topological polar surface area (TPSA) is 115 Å². The van der Waals surface area contributed by atoms with E-state index in [2.05, 4.69) is 16.3 Å². The second-order valence-electron chi connectivity index (χ2n) is 11.5. The maximum absolute atomic E-state index is 13.8. The highest BCUT2D eigenvalue weighted by atomic mass is 35.5. The summed E-state index contributed by atoms with van der Waals surface area (Å²) in [7, 11) is -1.40. The number of Topliss-reactive ketones (excluding diaryl/α,β-unsaturated/α-hetero) is 1. The van der Waals surface area contributed by atoms with Gasteiger partial charge in [0.25, 0.3) is 0 Å². The van der Waals surface area contributed by atoms with Gasteiger partial charge < -0.3 is 15.6 Å². The average molecular weight is 572 g/mol. The fourth-order valence-electron chi connectivity index (χ4n) is 5.79. The Hall–Kier alpha value is -2.45. The van der Waals surface area contributed by atoms with Gasteiger partial charge in [0, 0.05) is 12.6 Å². The van der Waals surface area contributed by atoms with Crippen LogP contribution >= 0.6 is 11.6 Å². The molecule has 210 valence electrons. The molecular weight excluding hydrogens is 534 g/mol. The SMILES string of the molecule is CCC(CC(=O)C1(c2cc(C(N)=NS(=O)C3CC3)c(O)cc2C)CC1)c1cnc(OCC2CCCC2)c(Cl)c1. The minimum absolute atomic E-state index is 0.0177. The largest absolute Gasteiger partial charge is 0.507 e. The summed E-state index contributed by atoms with van der Waals surface area (Å²) in [5, 5.41) is 11.1. The van der Waals surface area contributed by atoms with E-state index in [1.165, 1.54) is 25.7 Å². The van der Waals surface area contributed by atoms with Crippen LogP contribution in [0.25, 0.3) is 0 Å². The number of hydrogen-bond donors (Lipinski definition) is 2. The lowest BCUT2D eigenvalue weighted by Gasteiger charge is -2.22. The predicted molar refractivity (Wildman–Crippen MR) is 155 cm³/mol. The summed E-state index contributed by atoms with van der Waals surface area (Å²) in [6.45, 7) is 4.61. The molecule has 0 bridgehead atoms. The molecule has 7 nitrogen and oxygen atoms in total. The highest BCUT2D eigenvalue weighted by molar-refractivity contribution is 7.84. The highest BCUT2D eigenvalue weighted by Crippen LogP contribution is 2.52. The molecule has 2 aromatic rings. The number of carbonyl (C=O) groups is 1. The standard InChI is InChI=1S/C30H38ClN3O4S/c1-3-20(21-13-25(31)29(33-16-21)38-17-19-6-4-5-7-19)14-27(36)30(10-11-30)24-15-23(26(35)12-18(24)2)28(32)34-39(37)22-8-9-22/h12-13,15-16,19-20,22,35H,3-11,14,17H2,1-2H3,(H2,32,34). The first-order chi connectivity index (χ1) is 18.7. The van der Waals surface area contributed by atoms with Crippen molar-refractivity contribution >= 4 is 34.2 Å². The van der Waals surface area contributed by atoms with Gasteiger partial charge in [-0.15, -0.1) is 0 Å². The van der Waals surface area contributed by atoms with Crippen molar-refractivity contribution in [3.8, 4) is 11.6 Å². The van der Waals surface area contributed by atoms with E-state index in [1.807, 2.05) is 13.0 Å². The summed E-state index contributed by atoms with van der Waals surface area (Å²) in [5.41, 5.74) is 8.51. The Bertz CT molecular complexity index is 1300. The van der Waals surface area contributed by atoms with Gasteiger partial charge in [0.2, 0.25) is 5.88 Å². The summed E-state index contributed by atoms with van der Waals surface area (Å²) in [4.78, 5) is 18.3. The van der Waals surface area contributed by atoms with Gasteiger partial charge in [-0.2, -0.15) is 4.40 Å². The molecule has 0 saturated heterocycles. The number of nitrogens with zero attached hydrogens (tertiary/aromatic N) is 2. The van der Waals surface area contributed by atoms with Crippen LogP contribution < -0.4 is 10.5 Å². The van der Waals surface area contributed by atoms with Crippen molar-refractivity contribution < 1.29 is 18.8 Å². The fraction of sp³-hybridized carbons (Fsp3) is 0.567. The third kappa shape index (κ3) is 6.17. The number of carbonyl (C=O) groups excluding carboxylic acids is 1. The van der Waals surface area contributed by atoms with Crippen LogP contribution in [0.4, 0.5) is 0 Å². The lowest BCUT2D eigenvalue weighted by Crippen LogP contribution is -2.25. The minimum Gasteiger partial charge on any atom is -0.507 e. The normalized spacial score (nSPS) is 20.5. The maximum atomic E-state index is 13.8. The molecule has 9 heteroatoms. The first-order valence-electron chi connectivity index (χ1n) is 14.1. The van der Waals surface area contributed by atoms with E-state index in [0.717, 1.165) is 48.8 Å². The van der Waals surface area contributed by atoms with Crippen LogP contribution in [0.15, 0.2) is 28.8 Å². The summed E-state index contributed by atoms with van der Waals surface area (Å²) < 4.78 is 22.3. The summed E-state index contributed by atoms with van der Waals surface area (Å²) in [6.07, 6.45) is 11.1. The predicted octanol–water partition coefficient (Wildman–Crippen LogP) is 6.03. The Morgan fingerprint density at radius 3 is 2.59 bits per heavy atom. The number of ketones is 1. The number of hydrogen-bond acceptors (Lipinski definition) is 5. The molecule has 3 aliphatic rings. The minimum atomic E-state index is -1.40. The number of aromatic hydroxyl groups is 1. The smallest absolute Gasteiger partial charge is 0.232 e. The maximum Gasteiger partial charge on any atom is 0.232 e. The number of phenols is 1. The second-order valence-corrected chi connectivity index (χ2v) is 13.3. The molecule has 1 heterocycles. The molecule has 39 heavy (non-hydrogen) atoms. The molecule has 1 aromatic heterocycles. The van der Waals surface area contributed by atoms with E-state index in [1.54, 1.807) is 18.3 Å². The van der Waals surface area contributed by atoms with Gasteiger partial charge in [0.1, 0.15) is 33.4 Å². The molecule has 2 atom stereocenters. The summed E-state index contributed by atoms with van der Waals surface area (Å²) in [5.74, 6) is 1.20. The van der Waals surface area contributed by atoms with Crippen LogP contribution in [-0.2, 0) is 21.2 Å². The van der Waals surface area contributed by atoms with Crippen LogP contribution in [0.5, 0.6) is 11.6 Å². The Kier molecular flexibility index (Phi) is 8.34. The zero-order valence-corrected chi connectivity index (χ0v) is 24.3. The number of aromatic nitrogens is 1. The fourth-order valence-corrected chi connectivity index (χ4v) is 7.00. The first kappa shape index (κ1) is 28.1. The Balaban J connectivity index is 1.32. The Labute approximate surface area is 238 Å². The lowest BCUT2D eigenvalue weighted by molar-refractivity contribution is -0.121. The van der Waals surface area contributed by atoms with Crippen LogP contribution in [0.3, 0.4) is 0 Å². The van der Waals surface area contributed by atoms with E-state index < -0.39 is 16.4 Å². The van der Waals surface area contributed by atoms with E-state index in [9.17, 15) is 14.1 Å². The van der Waals surface area contributed by atoms with Crippen molar-refractivity contribution in [1.82, 2.24) is 4.98 Å². The monoisotopic (exact) mass is 571 g/mol. The molecule has 2 unspecified atom stereocenters. The molecule has 0 amide bonds. The number of nitrogens with two attached hydrogens (primary N) is 1. The van der Waals surface area contributed by atoms with Gasteiger partial charge in [-0.05, 0) is 98.6 Å². The van der Waals surface area contributed by atoms with Crippen LogP contribution in [-0.4, -0.2) is 37.8 Å². The van der Waals surface area contributed by atoms with E-state index in [0.29, 0.717) is 35.4 Å². The quantitative estimate of drug-likeness (QED) is 0.237. The van der Waals surface area contributed by atoms with Crippen molar-refractivity contribution in [3.05, 3.63) is 51.7 Å². The zero-order chi connectivity index (χ0) is 27.7. The summed E-state index contributed by atoms with van der Waals surface area (Å²) in [6, 6.07) is 5.29. The lowest BCUT2D eigenvalue weighted by atomic mass is 9.81. The second kappa shape index (κ2) is 11.6. The molecule has 3 fully saturated rings. The van der Waals surface area contributed by atoms with Gasteiger partial charge in [-0.25, -0.2) is 9.19 Å². The number of ether oxygens (including phenoxy) is 1. The molecule has 3 aliphatic carbocycles. The van der Waals surface area contributed by atoms with E-state index in [4.69, 9.17) is 22.1 Å². The van der Waals surface area contributed by atoms with Crippen molar-refractivity contribution in [2.24, 2.45) is 16.0 Å². The van der Waals surface area contributed by atoms with Gasteiger partial charge in [-0.1, -0.05) is 31.4 Å². The van der Waals surface area contributed by atoms with Crippen molar-refractivity contribution in [3.63, 3.8) is 0 Å². The van der Waals surface area contributed by atoms with Crippen LogP contribution in [0.2, 0.25) is 5.02 Å². The van der Waals surface area contributed by atoms with Crippen LogP contribution in [0.1, 0.15) is 99.3 Å². The van der Waals surface area contributed by atoms with E-state index in [-0.39, 0.29) is 28.5 Å². The molecule has 0 radical (unpaired) electrons. The molecule has 3 N–H and O–H groups in total. The Morgan fingerprint density at radius 1 is 1.26 bits per heavy atom. The van der Waals surface area contributed by atoms with E-state index >= 15 is 0 Å². The number of phenolic OH excluding ortho intramolecular Hbond substituents is 1. The molecule has 0 aliphatic heterocycles. The molecule has 5 rings (SSSR count). The molecule has 3 saturated carbocycles. The number of amidine groups is 1. The first-order valence-corrected chi connectivity index (χ1v) is 15.7. The molecule has 0 spiro atoms. The molecular formula is C30H38ClN3O4S. The number of rotatable bonds is 12. The number of halogens is 1. The van der Waals surface area contributed by atoms with Gasteiger partial charge in [0.05, 0.1) is 22.8 Å². The van der Waals surface area contributed by atoms with Gasteiger partial charge in [-0.3, -0.25) is 4.79 Å². The van der Waals surface area contributed by atoms with Crippen molar-refractivity contribution in [2.45, 2.75) is 94.6 Å². The van der Waals surface area contributed by atoms with Gasteiger partial charge in [0.15, 0.2) is 0 Å². The number of aryl methyl sites for hydroxylation is 1. The number of pyridine rings is 1. The van der Waals surface area contributed by atoms with Crippen LogP contribution in [0, 0.1) is 12.8 Å². The van der Waals surface area contributed by atoms with Gasteiger partial charge >= 0.3 is 0 Å². The molecule has 1 aromatic carbocycles. The zero-order valence-electron chi connectivity index (χ0n) is 22.7. The van der Waals surface area contributed by atoms with Crippen molar-refractivity contribution in [1.29, 1.82) is 0 Å². The Morgan fingerprint density at radius 2 is 1.97 bits per heavy atom. The third-order valence-electron chi connectivity index (χ3n) is 8.57. The number of benzene rings is 1. The van der Waals surface area contributed by atoms with Crippen molar-refractivity contribution in [2.75, 3.05) is 6.61 Å². The average Bonchev–Trinajstić information content (AvgIpc) is 3.84. The highest BCUT2D eigenvalue weighted by Gasteiger charge is 2.52. The third-order valence-corrected chi connectivity index (χ3v) is 10.3. The summed E-state index contributed by atoms with van der Waals surface area (Å²) >= 11 is 6.55.